The third kappa shape index (κ3) is 4.35. The van der Waals surface area contributed by atoms with Crippen molar-refractivity contribution in [1.82, 2.24) is 4.90 Å². The molecule has 104 valence electrons. The van der Waals surface area contributed by atoms with Crippen LogP contribution in [0.1, 0.15) is 10.4 Å². The lowest BCUT2D eigenvalue weighted by Gasteiger charge is -2.13. The van der Waals surface area contributed by atoms with E-state index in [-0.39, 0.29) is 18.4 Å². The van der Waals surface area contributed by atoms with E-state index in [0.29, 0.717) is 11.3 Å². The van der Waals surface area contributed by atoms with Gasteiger partial charge in [0.05, 0.1) is 6.61 Å². The summed E-state index contributed by atoms with van der Waals surface area (Å²) in [5.41, 5.74) is 6.64. The van der Waals surface area contributed by atoms with Gasteiger partial charge in [0.25, 0.3) is 5.91 Å². The standard InChI is InChI=1S/C13H19N3O3/c1-16(2)13(18)9-5-4-6-10(7-9)15-12(17)11(14)8-19-3/h4-7,11H,8,14H2,1-3H3,(H,15,17). The molecular formula is C13H19N3O3. The first-order valence-electron chi connectivity index (χ1n) is 5.82. The van der Waals surface area contributed by atoms with Gasteiger partial charge in [0, 0.05) is 32.5 Å². The molecule has 0 heterocycles. The summed E-state index contributed by atoms with van der Waals surface area (Å²) in [4.78, 5) is 25.0. The predicted molar refractivity (Wildman–Crippen MR) is 72.9 cm³/mol. The van der Waals surface area contributed by atoms with Crippen LogP contribution in [0, 0.1) is 0 Å². The van der Waals surface area contributed by atoms with Crippen molar-refractivity contribution in [3.63, 3.8) is 0 Å². The molecule has 0 saturated carbocycles. The highest BCUT2D eigenvalue weighted by atomic mass is 16.5. The lowest BCUT2D eigenvalue weighted by molar-refractivity contribution is -0.118. The van der Waals surface area contributed by atoms with Gasteiger partial charge in [-0.05, 0) is 18.2 Å². The normalized spacial score (nSPS) is 11.8. The molecule has 19 heavy (non-hydrogen) atoms. The first-order chi connectivity index (χ1) is 8.95. The summed E-state index contributed by atoms with van der Waals surface area (Å²) in [6.07, 6.45) is 0. The highest BCUT2D eigenvalue weighted by Crippen LogP contribution is 2.12. The lowest BCUT2D eigenvalue weighted by Crippen LogP contribution is -2.39. The van der Waals surface area contributed by atoms with Crippen molar-refractivity contribution in [2.24, 2.45) is 5.73 Å². The molecule has 6 heteroatoms. The van der Waals surface area contributed by atoms with Crippen molar-refractivity contribution >= 4 is 17.5 Å². The predicted octanol–water partition coefficient (Wildman–Crippen LogP) is 0.301. The molecule has 0 aliphatic rings. The van der Waals surface area contributed by atoms with Crippen LogP contribution < -0.4 is 11.1 Å². The molecule has 0 radical (unpaired) electrons. The van der Waals surface area contributed by atoms with E-state index in [1.807, 2.05) is 0 Å². The van der Waals surface area contributed by atoms with Crippen molar-refractivity contribution in [2.45, 2.75) is 6.04 Å². The Kier molecular flexibility index (Phi) is 5.47. The Morgan fingerprint density at radius 3 is 2.68 bits per heavy atom. The SMILES string of the molecule is COCC(N)C(=O)Nc1cccc(C(=O)N(C)C)c1. The molecule has 1 rings (SSSR count). The monoisotopic (exact) mass is 265 g/mol. The van der Waals surface area contributed by atoms with Gasteiger partial charge in [-0.15, -0.1) is 0 Å². The Hall–Kier alpha value is -1.92. The lowest BCUT2D eigenvalue weighted by atomic mass is 10.1. The number of amides is 2. The van der Waals surface area contributed by atoms with E-state index in [4.69, 9.17) is 10.5 Å². The molecule has 1 aromatic rings. The van der Waals surface area contributed by atoms with E-state index in [1.54, 1.807) is 38.4 Å². The summed E-state index contributed by atoms with van der Waals surface area (Å²) in [7, 11) is 4.81. The number of nitrogens with zero attached hydrogens (tertiary/aromatic N) is 1. The summed E-state index contributed by atoms with van der Waals surface area (Å²) in [6, 6.07) is 5.96. The maximum atomic E-state index is 11.8. The maximum Gasteiger partial charge on any atom is 0.253 e. The molecule has 0 aliphatic carbocycles. The fourth-order valence-corrected chi connectivity index (χ4v) is 1.48. The smallest absolute Gasteiger partial charge is 0.253 e. The number of carbonyl (C=O) groups is 2. The fraction of sp³-hybridized carbons (Fsp3) is 0.385. The van der Waals surface area contributed by atoms with Crippen LogP contribution in [0.2, 0.25) is 0 Å². The van der Waals surface area contributed by atoms with Crippen molar-refractivity contribution in [2.75, 3.05) is 33.1 Å². The zero-order valence-electron chi connectivity index (χ0n) is 11.3. The second kappa shape index (κ2) is 6.86. The van der Waals surface area contributed by atoms with Gasteiger partial charge in [0.15, 0.2) is 0 Å². The summed E-state index contributed by atoms with van der Waals surface area (Å²) in [5, 5.41) is 2.65. The molecule has 6 nitrogen and oxygen atoms in total. The summed E-state index contributed by atoms with van der Waals surface area (Å²) >= 11 is 0. The van der Waals surface area contributed by atoms with Crippen LogP contribution in [0.3, 0.4) is 0 Å². The van der Waals surface area contributed by atoms with Gasteiger partial charge in [0.2, 0.25) is 5.91 Å². The van der Waals surface area contributed by atoms with Gasteiger partial charge >= 0.3 is 0 Å². The minimum Gasteiger partial charge on any atom is -0.383 e. The third-order valence-corrected chi connectivity index (χ3v) is 2.47. The molecule has 1 unspecified atom stereocenters. The van der Waals surface area contributed by atoms with Crippen LogP contribution in [-0.2, 0) is 9.53 Å². The first-order valence-corrected chi connectivity index (χ1v) is 5.82. The van der Waals surface area contributed by atoms with Gasteiger partial charge in [0.1, 0.15) is 6.04 Å². The van der Waals surface area contributed by atoms with Crippen LogP contribution in [0.5, 0.6) is 0 Å². The Morgan fingerprint density at radius 2 is 2.11 bits per heavy atom. The van der Waals surface area contributed by atoms with Crippen molar-refractivity contribution < 1.29 is 14.3 Å². The van der Waals surface area contributed by atoms with Gasteiger partial charge in [-0.2, -0.15) is 0 Å². The van der Waals surface area contributed by atoms with Gasteiger partial charge in [-0.25, -0.2) is 0 Å². The van der Waals surface area contributed by atoms with Crippen LogP contribution in [-0.4, -0.2) is 50.6 Å². The molecule has 0 aromatic heterocycles. The molecule has 1 aromatic carbocycles. The average Bonchev–Trinajstić information content (AvgIpc) is 2.38. The maximum absolute atomic E-state index is 11.8. The van der Waals surface area contributed by atoms with Crippen LogP contribution >= 0.6 is 0 Å². The van der Waals surface area contributed by atoms with Gasteiger partial charge in [-0.3, -0.25) is 9.59 Å². The minimum absolute atomic E-state index is 0.128. The Labute approximate surface area is 112 Å². The number of methoxy groups -OCH3 is 1. The summed E-state index contributed by atoms with van der Waals surface area (Å²) in [6.45, 7) is 0.141. The molecule has 0 aliphatic heterocycles. The first kappa shape index (κ1) is 15.1. The summed E-state index contributed by atoms with van der Waals surface area (Å²) < 4.78 is 4.81. The number of nitrogens with two attached hydrogens (primary N) is 1. The van der Waals surface area contributed by atoms with E-state index in [2.05, 4.69) is 5.32 Å². The number of carbonyl (C=O) groups excluding carboxylic acids is 2. The molecule has 2 amide bonds. The van der Waals surface area contributed by atoms with E-state index in [9.17, 15) is 9.59 Å². The fourth-order valence-electron chi connectivity index (χ4n) is 1.48. The van der Waals surface area contributed by atoms with Crippen LogP contribution in [0.25, 0.3) is 0 Å². The molecule has 0 fully saturated rings. The highest BCUT2D eigenvalue weighted by molar-refractivity contribution is 5.98. The quantitative estimate of drug-likeness (QED) is 0.802. The van der Waals surface area contributed by atoms with E-state index >= 15 is 0 Å². The third-order valence-electron chi connectivity index (χ3n) is 2.47. The molecule has 1 atom stereocenters. The Balaban J connectivity index is 2.77. The minimum atomic E-state index is -0.738. The Bertz CT molecular complexity index is 460. The zero-order valence-corrected chi connectivity index (χ0v) is 11.3. The van der Waals surface area contributed by atoms with Crippen molar-refractivity contribution in [3.8, 4) is 0 Å². The van der Waals surface area contributed by atoms with E-state index in [1.165, 1.54) is 12.0 Å². The molecule has 0 bridgehead atoms. The van der Waals surface area contributed by atoms with E-state index < -0.39 is 6.04 Å². The topological polar surface area (TPSA) is 84.7 Å². The molecule has 0 spiro atoms. The van der Waals surface area contributed by atoms with E-state index in [0.717, 1.165) is 0 Å². The highest BCUT2D eigenvalue weighted by Gasteiger charge is 2.14. The summed E-state index contributed by atoms with van der Waals surface area (Å²) in [5.74, 6) is -0.478. The number of hydrogen-bond donors (Lipinski definition) is 2. The second-order valence-electron chi connectivity index (χ2n) is 4.33. The zero-order chi connectivity index (χ0) is 14.4. The van der Waals surface area contributed by atoms with Crippen LogP contribution in [0.15, 0.2) is 24.3 Å². The number of rotatable bonds is 5. The second-order valence-corrected chi connectivity index (χ2v) is 4.33. The number of hydrogen-bond acceptors (Lipinski definition) is 4. The molecule has 0 saturated heterocycles. The van der Waals surface area contributed by atoms with Crippen molar-refractivity contribution in [3.05, 3.63) is 29.8 Å². The van der Waals surface area contributed by atoms with Crippen LogP contribution in [0.4, 0.5) is 5.69 Å². The van der Waals surface area contributed by atoms with Gasteiger partial charge < -0.3 is 20.7 Å². The number of ether oxygens (including phenoxy) is 1. The molecular weight excluding hydrogens is 246 g/mol. The number of benzene rings is 1. The molecule has 3 N–H and O–H groups in total. The number of nitrogens with one attached hydrogen (secondary N) is 1. The van der Waals surface area contributed by atoms with Gasteiger partial charge in [-0.1, -0.05) is 6.07 Å². The Morgan fingerprint density at radius 1 is 1.42 bits per heavy atom. The average molecular weight is 265 g/mol. The van der Waals surface area contributed by atoms with Crippen molar-refractivity contribution in [1.29, 1.82) is 0 Å². The number of anilines is 1. The largest absolute Gasteiger partial charge is 0.383 e.